The summed E-state index contributed by atoms with van der Waals surface area (Å²) in [6, 6.07) is 6.34. The highest BCUT2D eigenvalue weighted by Gasteiger charge is 2.61. The average Bonchev–Trinajstić information content (AvgIpc) is 3.09. The van der Waals surface area contributed by atoms with Gasteiger partial charge in [0.2, 0.25) is 10.6 Å². The molecule has 4 saturated carbocycles. The van der Waals surface area contributed by atoms with Crippen molar-refractivity contribution in [1.29, 1.82) is 0 Å². The molecule has 4 bridgehead atoms. The Kier molecular flexibility index (Phi) is 4.42. The molecule has 154 valence electrons. The Morgan fingerprint density at radius 2 is 1.97 bits per heavy atom. The summed E-state index contributed by atoms with van der Waals surface area (Å²) in [6.07, 6.45) is 7.22. The van der Waals surface area contributed by atoms with Crippen molar-refractivity contribution in [3.63, 3.8) is 0 Å². The smallest absolute Gasteiger partial charge is 0.387 e. The molecule has 1 N–H and O–H groups in total. The van der Waals surface area contributed by atoms with E-state index in [0.717, 1.165) is 32.1 Å². The van der Waals surface area contributed by atoms with Gasteiger partial charge in [-0.2, -0.15) is 8.78 Å². The van der Waals surface area contributed by atoms with Gasteiger partial charge in [0.15, 0.2) is 0 Å². The first-order valence-electron chi connectivity index (χ1n) is 9.80. The van der Waals surface area contributed by atoms with E-state index >= 15 is 0 Å². The van der Waals surface area contributed by atoms with Gasteiger partial charge in [0, 0.05) is 0 Å². The number of ether oxygens (including phenoxy) is 1. The molecule has 2 unspecified atom stereocenters. The SMILES string of the molecule is O=C(Nc1ccccc1OC(F)F)C12C[C@H]3C[C@@H](C1)CC(n1cnc(Br)n1)(C3)C2. The number of carbonyl (C=O) groups is 1. The molecule has 6 nitrogen and oxygen atoms in total. The Bertz CT molecular complexity index is 936. The highest BCUT2D eigenvalue weighted by Crippen LogP contribution is 2.64. The minimum atomic E-state index is -2.94. The van der Waals surface area contributed by atoms with Gasteiger partial charge >= 0.3 is 6.61 Å². The van der Waals surface area contributed by atoms with Crippen LogP contribution in [0.5, 0.6) is 5.75 Å². The number of aromatic nitrogens is 3. The lowest BCUT2D eigenvalue weighted by molar-refractivity contribution is -0.150. The van der Waals surface area contributed by atoms with Gasteiger partial charge in [0.25, 0.3) is 0 Å². The molecule has 4 atom stereocenters. The van der Waals surface area contributed by atoms with Gasteiger partial charge in [-0.3, -0.25) is 4.79 Å². The summed E-state index contributed by atoms with van der Waals surface area (Å²) in [5, 5.41) is 7.40. The maximum atomic E-state index is 13.5. The number of amides is 1. The molecule has 29 heavy (non-hydrogen) atoms. The second kappa shape index (κ2) is 6.75. The Labute approximate surface area is 175 Å². The topological polar surface area (TPSA) is 69.0 Å². The number of hydrogen-bond acceptors (Lipinski definition) is 4. The van der Waals surface area contributed by atoms with Crippen molar-refractivity contribution in [1.82, 2.24) is 14.8 Å². The first-order valence-corrected chi connectivity index (χ1v) is 10.6. The molecule has 1 aromatic heterocycles. The normalized spacial score (nSPS) is 32.6. The highest BCUT2D eigenvalue weighted by atomic mass is 79.9. The molecular weight excluding hydrogens is 446 g/mol. The summed E-state index contributed by atoms with van der Waals surface area (Å²) < 4.78 is 32.5. The van der Waals surface area contributed by atoms with E-state index in [9.17, 15) is 13.6 Å². The van der Waals surface area contributed by atoms with Crippen LogP contribution in [0.25, 0.3) is 0 Å². The second-order valence-corrected chi connectivity index (χ2v) is 9.46. The van der Waals surface area contributed by atoms with Gasteiger partial charge in [0.1, 0.15) is 12.1 Å². The van der Waals surface area contributed by atoms with E-state index in [4.69, 9.17) is 0 Å². The average molecular weight is 467 g/mol. The fraction of sp³-hybridized carbons (Fsp3) is 0.550. The van der Waals surface area contributed by atoms with Crippen molar-refractivity contribution in [2.45, 2.75) is 50.7 Å². The van der Waals surface area contributed by atoms with Crippen molar-refractivity contribution in [2.24, 2.45) is 17.3 Å². The fourth-order valence-corrected chi connectivity index (χ4v) is 6.51. The summed E-state index contributed by atoms with van der Waals surface area (Å²) in [5.41, 5.74) is -0.453. The van der Waals surface area contributed by atoms with Crippen LogP contribution in [-0.2, 0) is 10.3 Å². The predicted molar refractivity (Wildman–Crippen MR) is 105 cm³/mol. The molecule has 0 spiro atoms. The number of carbonyl (C=O) groups excluding carboxylic acids is 1. The van der Waals surface area contributed by atoms with Gasteiger partial charge in [-0.1, -0.05) is 12.1 Å². The maximum Gasteiger partial charge on any atom is 0.387 e. The lowest BCUT2D eigenvalue weighted by atomic mass is 9.46. The van der Waals surface area contributed by atoms with Crippen molar-refractivity contribution < 1.29 is 18.3 Å². The minimum absolute atomic E-state index is 0.0181. The van der Waals surface area contributed by atoms with Gasteiger partial charge in [-0.25, -0.2) is 9.67 Å². The van der Waals surface area contributed by atoms with Gasteiger partial charge < -0.3 is 10.1 Å². The van der Waals surface area contributed by atoms with E-state index in [1.54, 1.807) is 24.5 Å². The van der Waals surface area contributed by atoms with Crippen LogP contribution in [0.3, 0.4) is 0 Å². The molecule has 0 radical (unpaired) electrons. The standard InChI is InChI=1S/C20H21BrF2N4O2/c21-17-24-11-27(26-17)20-8-12-5-13(9-20)7-19(6-12,10-20)16(28)25-14-3-1-2-4-15(14)29-18(22)23/h1-4,11-13,18H,5-10H2,(H,25,28)/t12-,13+,19?,20?. The number of halogens is 3. The van der Waals surface area contributed by atoms with Crippen molar-refractivity contribution in [3.05, 3.63) is 35.3 Å². The second-order valence-electron chi connectivity index (χ2n) is 8.75. The summed E-state index contributed by atoms with van der Waals surface area (Å²) in [4.78, 5) is 17.7. The lowest BCUT2D eigenvalue weighted by Crippen LogP contribution is -2.60. The van der Waals surface area contributed by atoms with Crippen LogP contribution in [0.1, 0.15) is 38.5 Å². The summed E-state index contributed by atoms with van der Waals surface area (Å²) in [7, 11) is 0. The molecule has 0 aliphatic heterocycles. The highest BCUT2D eigenvalue weighted by molar-refractivity contribution is 9.10. The number of nitrogens with one attached hydrogen (secondary N) is 1. The molecule has 4 fully saturated rings. The summed E-state index contributed by atoms with van der Waals surface area (Å²) in [5.74, 6) is 0.783. The maximum absolute atomic E-state index is 13.5. The van der Waals surface area contributed by atoms with Crippen LogP contribution in [0.2, 0.25) is 0 Å². The zero-order valence-electron chi connectivity index (χ0n) is 15.7. The third-order valence-corrected chi connectivity index (χ3v) is 7.18. The monoisotopic (exact) mass is 466 g/mol. The lowest BCUT2D eigenvalue weighted by Gasteiger charge is -2.60. The molecule has 4 aliphatic carbocycles. The summed E-state index contributed by atoms with van der Waals surface area (Å²) in [6.45, 7) is -2.94. The zero-order chi connectivity index (χ0) is 20.2. The van der Waals surface area contributed by atoms with E-state index in [-0.39, 0.29) is 22.9 Å². The molecule has 1 heterocycles. The number of hydrogen-bond donors (Lipinski definition) is 1. The van der Waals surface area contributed by atoms with Gasteiger partial charge in [0.05, 0.1) is 16.6 Å². The Morgan fingerprint density at radius 3 is 2.62 bits per heavy atom. The third-order valence-electron chi connectivity index (χ3n) is 6.81. The fourth-order valence-electron chi connectivity index (χ4n) is 6.24. The van der Waals surface area contributed by atoms with E-state index in [1.165, 1.54) is 6.07 Å². The molecule has 0 saturated heterocycles. The number of para-hydroxylation sites is 2. The molecule has 9 heteroatoms. The van der Waals surface area contributed by atoms with E-state index < -0.39 is 12.0 Å². The van der Waals surface area contributed by atoms with Crippen molar-refractivity contribution in [3.8, 4) is 5.75 Å². The van der Waals surface area contributed by atoms with Crippen LogP contribution >= 0.6 is 15.9 Å². The van der Waals surface area contributed by atoms with Crippen molar-refractivity contribution >= 4 is 27.5 Å². The van der Waals surface area contributed by atoms with E-state index in [1.807, 2.05) is 4.68 Å². The van der Waals surface area contributed by atoms with Crippen molar-refractivity contribution in [2.75, 3.05) is 5.32 Å². The minimum Gasteiger partial charge on any atom is -0.433 e. The van der Waals surface area contributed by atoms with Crippen LogP contribution in [0.4, 0.5) is 14.5 Å². The number of alkyl halides is 2. The van der Waals surface area contributed by atoms with Crippen LogP contribution in [-0.4, -0.2) is 27.3 Å². The first-order chi connectivity index (χ1) is 13.9. The molecular formula is C20H21BrF2N4O2. The Morgan fingerprint density at radius 1 is 1.24 bits per heavy atom. The molecule has 1 amide bonds. The van der Waals surface area contributed by atoms with Crippen LogP contribution in [0, 0.1) is 17.3 Å². The molecule has 2 aromatic rings. The number of benzene rings is 1. The largest absolute Gasteiger partial charge is 0.433 e. The predicted octanol–water partition coefficient (Wildman–Crippen LogP) is 4.58. The zero-order valence-corrected chi connectivity index (χ0v) is 17.2. The van der Waals surface area contributed by atoms with E-state index in [0.29, 0.717) is 23.0 Å². The number of rotatable bonds is 5. The number of anilines is 1. The molecule has 4 aliphatic rings. The Balaban J connectivity index is 1.45. The molecule has 1 aromatic carbocycles. The Hall–Kier alpha value is -2.03. The van der Waals surface area contributed by atoms with Gasteiger partial charge in [-0.05, 0) is 78.4 Å². The van der Waals surface area contributed by atoms with Crippen LogP contribution < -0.4 is 10.1 Å². The third kappa shape index (κ3) is 3.23. The van der Waals surface area contributed by atoms with Gasteiger partial charge in [-0.15, -0.1) is 5.10 Å². The van der Waals surface area contributed by atoms with Crippen LogP contribution in [0.15, 0.2) is 35.3 Å². The summed E-state index contributed by atoms with van der Waals surface area (Å²) >= 11 is 3.33. The molecule has 6 rings (SSSR count). The first kappa shape index (κ1) is 19.0. The van der Waals surface area contributed by atoms with E-state index in [2.05, 4.69) is 36.1 Å². The quantitative estimate of drug-likeness (QED) is 0.700. The number of nitrogens with zero attached hydrogens (tertiary/aromatic N) is 3.